The molecule has 3 rings (SSSR count). The first-order chi connectivity index (χ1) is 14.1. The lowest BCUT2D eigenvalue weighted by Crippen LogP contribution is -2.30. The lowest BCUT2D eigenvalue weighted by molar-refractivity contribution is -0.123. The molecule has 0 aliphatic rings. The third-order valence-electron chi connectivity index (χ3n) is 4.40. The molecular weight excluding hydrogens is 366 g/mol. The van der Waals surface area contributed by atoms with E-state index in [9.17, 15) is 9.59 Å². The van der Waals surface area contributed by atoms with Gasteiger partial charge in [-0.05, 0) is 36.2 Å². The van der Waals surface area contributed by atoms with Crippen LogP contribution in [0.15, 0.2) is 78.9 Å². The van der Waals surface area contributed by atoms with Crippen LogP contribution < -0.4 is 5.32 Å². The van der Waals surface area contributed by atoms with Crippen molar-refractivity contribution in [1.82, 2.24) is 0 Å². The predicted molar refractivity (Wildman–Crippen MR) is 113 cm³/mol. The quantitative estimate of drug-likeness (QED) is 0.596. The Labute approximate surface area is 170 Å². The highest BCUT2D eigenvalue weighted by atomic mass is 16.5. The second-order valence-corrected chi connectivity index (χ2v) is 6.58. The predicted octanol–water partition coefficient (Wildman–Crippen LogP) is 4.68. The van der Waals surface area contributed by atoms with Gasteiger partial charge >= 0.3 is 5.97 Å². The first-order valence-corrected chi connectivity index (χ1v) is 9.32. The summed E-state index contributed by atoms with van der Waals surface area (Å²) in [5.74, 6) is -0.947. The Balaban J connectivity index is 1.69. The molecule has 3 aromatic carbocycles. The summed E-state index contributed by atoms with van der Waals surface area (Å²) in [6, 6.07) is 24.2. The zero-order chi connectivity index (χ0) is 20.6. The van der Waals surface area contributed by atoms with Crippen LogP contribution in [0.2, 0.25) is 0 Å². The fourth-order valence-electron chi connectivity index (χ4n) is 2.93. The van der Waals surface area contributed by atoms with Gasteiger partial charge in [0.15, 0.2) is 6.10 Å². The van der Waals surface area contributed by atoms with Gasteiger partial charge in [0, 0.05) is 18.4 Å². The summed E-state index contributed by atoms with van der Waals surface area (Å²) in [4.78, 5) is 25.0. The molecule has 0 aliphatic heterocycles. The van der Waals surface area contributed by atoms with Gasteiger partial charge in [-0.2, -0.15) is 0 Å². The van der Waals surface area contributed by atoms with Gasteiger partial charge in [-0.1, -0.05) is 60.7 Å². The van der Waals surface area contributed by atoms with E-state index in [0.717, 1.165) is 16.7 Å². The van der Waals surface area contributed by atoms with Crippen molar-refractivity contribution in [2.24, 2.45) is 0 Å². The first-order valence-electron chi connectivity index (χ1n) is 9.32. The molecular formula is C24H23NO4. The van der Waals surface area contributed by atoms with E-state index < -0.39 is 18.0 Å². The molecule has 1 N–H and O–H groups in total. The van der Waals surface area contributed by atoms with E-state index in [0.29, 0.717) is 17.9 Å². The Kier molecular flexibility index (Phi) is 6.76. The number of methoxy groups -OCH3 is 1. The highest BCUT2D eigenvalue weighted by Gasteiger charge is 2.20. The number of para-hydroxylation sites is 1. The minimum atomic E-state index is -0.947. The molecule has 0 bridgehead atoms. The van der Waals surface area contributed by atoms with Crippen LogP contribution in [0.4, 0.5) is 5.69 Å². The fourth-order valence-corrected chi connectivity index (χ4v) is 2.93. The molecule has 0 radical (unpaired) electrons. The van der Waals surface area contributed by atoms with E-state index in [1.54, 1.807) is 32.2 Å². The van der Waals surface area contributed by atoms with Gasteiger partial charge in [0.05, 0.1) is 12.2 Å². The van der Waals surface area contributed by atoms with Gasteiger partial charge in [-0.3, -0.25) is 4.79 Å². The summed E-state index contributed by atoms with van der Waals surface area (Å²) < 4.78 is 10.4. The second-order valence-electron chi connectivity index (χ2n) is 6.58. The number of hydrogen-bond donors (Lipinski definition) is 1. The molecule has 0 saturated carbocycles. The van der Waals surface area contributed by atoms with Crippen LogP contribution in [0.3, 0.4) is 0 Å². The van der Waals surface area contributed by atoms with Crippen LogP contribution in [0.25, 0.3) is 11.1 Å². The maximum Gasteiger partial charge on any atom is 0.338 e. The van der Waals surface area contributed by atoms with Crippen molar-refractivity contribution in [3.8, 4) is 11.1 Å². The van der Waals surface area contributed by atoms with E-state index in [4.69, 9.17) is 9.47 Å². The van der Waals surface area contributed by atoms with E-state index >= 15 is 0 Å². The number of benzene rings is 3. The number of rotatable bonds is 7. The molecule has 29 heavy (non-hydrogen) atoms. The smallest absolute Gasteiger partial charge is 0.338 e. The molecule has 1 atom stereocenters. The number of nitrogens with one attached hydrogen (secondary N) is 1. The standard InChI is InChI=1S/C24H23NO4/c1-17(29-24(27)20-12-8-9-18(15-20)16-28-2)23(26)25-22-14-7-6-13-21(22)19-10-4-3-5-11-19/h3-15,17H,16H2,1-2H3,(H,25,26)/t17-/m0/s1. The molecule has 0 fully saturated rings. The molecule has 0 saturated heterocycles. The van der Waals surface area contributed by atoms with Crippen molar-refractivity contribution in [1.29, 1.82) is 0 Å². The summed E-state index contributed by atoms with van der Waals surface area (Å²) in [6.45, 7) is 1.95. The Hall–Kier alpha value is -3.44. The topological polar surface area (TPSA) is 64.6 Å². The third-order valence-corrected chi connectivity index (χ3v) is 4.40. The number of hydrogen-bond acceptors (Lipinski definition) is 4. The SMILES string of the molecule is COCc1cccc(C(=O)O[C@@H](C)C(=O)Nc2ccccc2-c2ccccc2)c1. The number of amides is 1. The minimum absolute atomic E-state index is 0.379. The Morgan fingerprint density at radius 1 is 0.931 bits per heavy atom. The summed E-state index contributed by atoms with van der Waals surface area (Å²) in [6.07, 6.45) is -0.947. The van der Waals surface area contributed by atoms with Gasteiger partial charge in [0.2, 0.25) is 0 Å². The molecule has 5 nitrogen and oxygen atoms in total. The molecule has 0 aromatic heterocycles. The largest absolute Gasteiger partial charge is 0.449 e. The van der Waals surface area contributed by atoms with Crippen LogP contribution >= 0.6 is 0 Å². The summed E-state index contributed by atoms with van der Waals surface area (Å²) in [7, 11) is 1.59. The molecule has 0 aliphatic carbocycles. The van der Waals surface area contributed by atoms with Gasteiger partial charge in [0.25, 0.3) is 5.91 Å². The highest BCUT2D eigenvalue weighted by molar-refractivity contribution is 5.99. The van der Waals surface area contributed by atoms with Crippen molar-refractivity contribution >= 4 is 17.6 Å². The summed E-state index contributed by atoms with van der Waals surface area (Å²) in [5, 5.41) is 2.86. The van der Waals surface area contributed by atoms with Crippen molar-refractivity contribution in [2.45, 2.75) is 19.6 Å². The molecule has 0 heterocycles. The maximum absolute atomic E-state index is 12.6. The maximum atomic E-state index is 12.6. The number of esters is 1. The molecule has 3 aromatic rings. The van der Waals surface area contributed by atoms with Crippen LogP contribution in [-0.4, -0.2) is 25.1 Å². The first kappa shape index (κ1) is 20.3. The van der Waals surface area contributed by atoms with Gasteiger partial charge < -0.3 is 14.8 Å². The summed E-state index contributed by atoms with van der Waals surface area (Å²) in [5.41, 5.74) is 3.78. The van der Waals surface area contributed by atoms with Gasteiger partial charge in [-0.25, -0.2) is 4.79 Å². The van der Waals surface area contributed by atoms with Crippen molar-refractivity contribution in [3.05, 3.63) is 90.0 Å². The molecule has 5 heteroatoms. The molecule has 0 unspecified atom stereocenters. The zero-order valence-electron chi connectivity index (χ0n) is 16.4. The van der Waals surface area contributed by atoms with Gasteiger partial charge in [-0.15, -0.1) is 0 Å². The van der Waals surface area contributed by atoms with Crippen LogP contribution in [-0.2, 0) is 20.9 Å². The third kappa shape index (κ3) is 5.30. The molecule has 148 valence electrons. The normalized spacial score (nSPS) is 11.5. The Morgan fingerprint density at radius 2 is 1.66 bits per heavy atom. The highest BCUT2D eigenvalue weighted by Crippen LogP contribution is 2.27. The number of ether oxygens (including phenoxy) is 2. The van der Waals surface area contributed by atoms with Crippen LogP contribution in [0.1, 0.15) is 22.8 Å². The lowest BCUT2D eigenvalue weighted by atomic mass is 10.0. The summed E-state index contributed by atoms with van der Waals surface area (Å²) >= 11 is 0. The van der Waals surface area contributed by atoms with E-state index in [2.05, 4.69) is 5.32 Å². The van der Waals surface area contributed by atoms with Gasteiger partial charge in [0.1, 0.15) is 0 Å². The Bertz CT molecular complexity index is 985. The number of carbonyl (C=O) groups excluding carboxylic acids is 2. The van der Waals surface area contributed by atoms with Crippen LogP contribution in [0, 0.1) is 0 Å². The average Bonchev–Trinajstić information content (AvgIpc) is 2.75. The van der Waals surface area contributed by atoms with E-state index in [1.165, 1.54) is 0 Å². The zero-order valence-corrected chi connectivity index (χ0v) is 16.4. The lowest BCUT2D eigenvalue weighted by Gasteiger charge is -2.16. The number of carbonyl (C=O) groups is 2. The average molecular weight is 389 g/mol. The number of anilines is 1. The van der Waals surface area contributed by atoms with Crippen molar-refractivity contribution < 1.29 is 19.1 Å². The second kappa shape index (κ2) is 9.66. The monoisotopic (exact) mass is 389 g/mol. The molecule has 0 spiro atoms. The molecule has 1 amide bonds. The van der Waals surface area contributed by atoms with Crippen molar-refractivity contribution in [2.75, 3.05) is 12.4 Å². The van der Waals surface area contributed by atoms with Crippen LogP contribution in [0.5, 0.6) is 0 Å². The minimum Gasteiger partial charge on any atom is -0.449 e. The van der Waals surface area contributed by atoms with Crippen molar-refractivity contribution in [3.63, 3.8) is 0 Å². The fraction of sp³-hybridized carbons (Fsp3) is 0.167. The van der Waals surface area contributed by atoms with E-state index in [1.807, 2.05) is 60.7 Å². The van der Waals surface area contributed by atoms with E-state index in [-0.39, 0.29) is 0 Å². The Morgan fingerprint density at radius 3 is 2.41 bits per heavy atom.